The number of amides is 1. The molecule has 0 saturated carbocycles. The molecule has 19 heteroatoms. The SMILES string of the molecule is CC/C=C\C/C=C\C/C=C\C/C=C\C/C=C\C/C=C\C/C=C\C/C=C\C/C=C\CCCCCCCCCCCC(=O)NC(COC1OC(CO)C(OC2OC(CO)C(OC3OC(CO)C(O)C(O)C3O)C(O)C2O)C(O)C1O)C(O)CCCCCCCCCCCCCCCCCCCCCCC. The number of carbonyl (C=O) groups excluding carboxylic acids is 1. The van der Waals surface area contributed by atoms with Gasteiger partial charge in [0.2, 0.25) is 5.91 Å². The highest BCUT2D eigenvalue weighted by atomic mass is 16.8. The van der Waals surface area contributed by atoms with Crippen LogP contribution in [0.25, 0.3) is 0 Å². The zero-order valence-corrected chi connectivity index (χ0v) is 63.5. The quantitative estimate of drug-likeness (QED) is 0.0199. The Morgan fingerprint density at radius 1 is 0.359 bits per heavy atom. The maximum absolute atomic E-state index is 13.5. The zero-order chi connectivity index (χ0) is 74.6. The molecule has 3 saturated heterocycles. The Hall–Kier alpha value is -3.55. The number of aliphatic hydroxyl groups excluding tert-OH is 11. The van der Waals surface area contributed by atoms with Crippen LogP contribution in [-0.2, 0) is 33.2 Å². The standard InChI is InChI=1S/C84H145NO18/c1-3-5-7-9-11-13-15-17-19-21-23-25-26-27-28-29-30-31-32-33-34-35-36-37-38-39-40-42-44-46-48-50-52-54-56-58-60-62-72(90)85-67(68(89)61-59-57-55-53-51-49-47-45-43-41-24-22-20-18-16-14-12-10-8-6-4-2)66-98-82-78(96)75(93)80(70(64-87)100-82)103-84-79(97)76(94)81(71(65-88)101-84)102-83-77(95)74(92)73(91)69(63-86)99-83/h5,7,11,13,17,19,23,25,27-28,30-31,33-34,36-37,39-40,67-71,73-84,86-89,91-97H,3-4,6,8-10,12,14-16,18,20-22,24,26,29,32,35,38,41-66H2,1-2H3,(H,85,90)/b7-5-,13-11-,19-17-,25-23-,28-27-,31-30-,34-33-,37-36-,40-39-. The molecule has 3 aliphatic heterocycles. The lowest BCUT2D eigenvalue weighted by atomic mass is 9.96. The number of allylic oxidation sites excluding steroid dienone is 18. The third-order valence-corrected chi connectivity index (χ3v) is 19.6. The lowest BCUT2D eigenvalue weighted by Crippen LogP contribution is -2.66. The monoisotopic (exact) mass is 1460 g/mol. The molecule has 0 spiro atoms. The number of rotatable bonds is 63. The van der Waals surface area contributed by atoms with Crippen LogP contribution in [0.2, 0.25) is 0 Å². The minimum absolute atomic E-state index is 0.251. The molecule has 0 aromatic carbocycles. The van der Waals surface area contributed by atoms with Gasteiger partial charge in [-0.1, -0.05) is 303 Å². The van der Waals surface area contributed by atoms with Gasteiger partial charge in [0.1, 0.15) is 73.2 Å². The Balaban J connectivity index is 1.36. The second-order valence-electron chi connectivity index (χ2n) is 28.5. The molecule has 17 unspecified atom stereocenters. The van der Waals surface area contributed by atoms with Crippen LogP contribution in [0.3, 0.4) is 0 Å². The van der Waals surface area contributed by atoms with Crippen molar-refractivity contribution >= 4 is 5.91 Å². The van der Waals surface area contributed by atoms with Crippen LogP contribution in [0.1, 0.15) is 284 Å². The van der Waals surface area contributed by atoms with E-state index in [0.717, 1.165) is 116 Å². The van der Waals surface area contributed by atoms with Crippen molar-refractivity contribution in [1.82, 2.24) is 5.32 Å². The summed E-state index contributed by atoms with van der Waals surface area (Å²) in [6, 6.07) is -0.899. The number of hydrogen-bond donors (Lipinski definition) is 12. The summed E-state index contributed by atoms with van der Waals surface area (Å²) in [7, 11) is 0. The summed E-state index contributed by atoms with van der Waals surface area (Å²) in [6.45, 7) is 1.70. The first kappa shape index (κ1) is 93.7. The van der Waals surface area contributed by atoms with Gasteiger partial charge in [0, 0.05) is 6.42 Å². The first-order valence-corrected chi connectivity index (χ1v) is 40.6. The molecule has 3 aliphatic rings. The third-order valence-electron chi connectivity index (χ3n) is 19.6. The fourth-order valence-electron chi connectivity index (χ4n) is 13.1. The molecule has 12 N–H and O–H groups in total. The molecule has 19 nitrogen and oxygen atoms in total. The molecule has 103 heavy (non-hydrogen) atoms. The van der Waals surface area contributed by atoms with Crippen molar-refractivity contribution < 1.29 is 89.4 Å². The van der Waals surface area contributed by atoms with Crippen LogP contribution in [-0.4, -0.2) is 193 Å². The molecule has 1 amide bonds. The Morgan fingerprint density at radius 3 is 1.05 bits per heavy atom. The predicted octanol–water partition coefficient (Wildman–Crippen LogP) is 13.7. The fraction of sp³-hybridized carbons (Fsp3) is 0.774. The van der Waals surface area contributed by atoms with Crippen LogP contribution in [0, 0.1) is 0 Å². The second kappa shape index (κ2) is 63.4. The number of aliphatic hydroxyl groups is 11. The van der Waals surface area contributed by atoms with Gasteiger partial charge < -0.3 is 89.9 Å². The van der Waals surface area contributed by atoms with Crippen LogP contribution >= 0.6 is 0 Å². The average molecular weight is 1460 g/mol. The van der Waals surface area contributed by atoms with E-state index in [0.29, 0.717) is 12.8 Å². The van der Waals surface area contributed by atoms with Gasteiger partial charge in [-0.2, -0.15) is 0 Å². The predicted molar refractivity (Wildman–Crippen MR) is 410 cm³/mol. The van der Waals surface area contributed by atoms with Crippen LogP contribution in [0.15, 0.2) is 109 Å². The Kier molecular flexibility index (Phi) is 57.6. The molecule has 17 atom stereocenters. The summed E-state index contributed by atoms with van der Waals surface area (Å²) in [4.78, 5) is 13.5. The van der Waals surface area contributed by atoms with Crippen molar-refractivity contribution in [3.8, 4) is 0 Å². The first-order valence-electron chi connectivity index (χ1n) is 40.6. The normalized spacial score (nSPS) is 26.6. The molecule has 0 aliphatic carbocycles. The largest absolute Gasteiger partial charge is 0.394 e. The minimum Gasteiger partial charge on any atom is -0.394 e. The molecule has 0 bridgehead atoms. The van der Waals surface area contributed by atoms with E-state index in [4.69, 9.17) is 28.4 Å². The van der Waals surface area contributed by atoms with Crippen molar-refractivity contribution in [3.63, 3.8) is 0 Å². The van der Waals surface area contributed by atoms with Gasteiger partial charge in [0.15, 0.2) is 18.9 Å². The summed E-state index contributed by atoms with van der Waals surface area (Å²) in [5.74, 6) is -0.251. The fourth-order valence-corrected chi connectivity index (χ4v) is 13.1. The topological polar surface area (TPSA) is 307 Å². The summed E-state index contributed by atoms with van der Waals surface area (Å²) < 4.78 is 34.5. The number of ether oxygens (including phenoxy) is 6. The Labute approximate surface area is 621 Å². The van der Waals surface area contributed by atoms with Crippen molar-refractivity contribution in [2.75, 3.05) is 26.4 Å². The van der Waals surface area contributed by atoms with E-state index < -0.39 is 124 Å². The van der Waals surface area contributed by atoms with Gasteiger partial charge in [-0.15, -0.1) is 0 Å². The molecule has 594 valence electrons. The van der Waals surface area contributed by atoms with Gasteiger partial charge in [-0.3, -0.25) is 4.79 Å². The van der Waals surface area contributed by atoms with Gasteiger partial charge in [0.25, 0.3) is 0 Å². The summed E-state index contributed by atoms with van der Waals surface area (Å²) in [6.07, 6.45) is 60.2. The average Bonchev–Trinajstić information content (AvgIpc) is 0.781. The number of carbonyl (C=O) groups is 1. The number of unbranched alkanes of at least 4 members (excludes halogenated alkanes) is 29. The highest BCUT2D eigenvalue weighted by Crippen LogP contribution is 2.33. The molecule has 0 aromatic rings. The van der Waals surface area contributed by atoms with Gasteiger partial charge in [-0.25, -0.2) is 0 Å². The maximum Gasteiger partial charge on any atom is 0.220 e. The lowest BCUT2D eigenvalue weighted by molar-refractivity contribution is -0.379. The van der Waals surface area contributed by atoms with Crippen LogP contribution in [0.5, 0.6) is 0 Å². The molecular weight excluding hydrogens is 1310 g/mol. The van der Waals surface area contributed by atoms with Crippen molar-refractivity contribution in [2.45, 2.75) is 388 Å². The van der Waals surface area contributed by atoms with E-state index in [2.05, 4.69) is 129 Å². The highest BCUT2D eigenvalue weighted by molar-refractivity contribution is 5.76. The Bertz CT molecular complexity index is 2290. The number of nitrogens with one attached hydrogen (secondary N) is 1. The van der Waals surface area contributed by atoms with Crippen molar-refractivity contribution in [3.05, 3.63) is 109 Å². The zero-order valence-electron chi connectivity index (χ0n) is 63.5. The highest BCUT2D eigenvalue weighted by Gasteiger charge is 2.54. The molecule has 0 radical (unpaired) electrons. The maximum atomic E-state index is 13.5. The van der Waals surface area contributed by atoms with E-state index in [1.807, 2.05) is 0 Å². The molecule has 3 rings (SSSR count). The first-order chi connectivity index (χ1) is 50.3. The summed E-state index contributed by atoms with van der Waals surface area (Å²) in [5.41, 5.74) is 0. The van der Waals surface area contributed by atoms with Gasteiger partial charge >= 0.3 is 0 Å². The molecule has 3 fully saturated rings. The number of hydrogen-bond acceptors (Lipinski definition) is 18. The van der Waals surface area contributed by atoms with Gasteiger partial charge in [0.05, 0.1) is 38.6 Å². The Morgan fingerprint density at radius 2 is 0.670 bits per heavy atom. The van der Waals surface area contributed by atoms with Crippen molar-refractivity contribution in [2.24, 2.45) is 0 Å². The van der Waals surface area contributed by atoms with E-state index in [9.17, 15) is 61.0 Å². The lowest BCUT2D eigenvalue weighted by Gasteiger charge is -2.48. The van der Waals surface area contributed by atoms with E-state index in [1.165, 1.54) is 135 Å². The third kappa shape index (κ3) is 43.3. The van der Waals surface area contributed by atoms with Crippen molar-refractivity contribution in [1.29, 1.82) is 0 Å². The minimum atomic E-state index is -1.98. The molecular formula is C84H145NO18. The van der Waals surface area contributed by atoms with E-state index in [1.54, 1.807) is 0 Å². The summed E-state index contributed by atoms with van der Waals surface area (Å²) in [5, 5.41) is 121. The van der Waals surface area contributed by atoms with Crippen LogP contribution < -0.4 is 5.32 Å². The smallest absolute Gasteiger partial charge is 0.220 e. The van der Waals surface area contributed by atoms with E-state index >= 15 is 0 Å². The van der Waals surface area contributed by atoms with Gasteiger partial charge in [-0.05, 0) is 83.5 Å². The molecule has 3 heterocycles. The van der Waals surface area contributed by atoms with E-state index in [-0.39, 0.29) is 18.9 Å². The summed E-state index contributed by atoms with van der Waals surface area (Å²) >= 11 is 0. The second-order valence-corrected chi connectivity index (χ2v) is 28.5. The molecule has 0 aromatic heterocycles. The van der Waals surface area contributed by atoms with Crippen LogP contribution in [0.4, 0.5) is 0 Å².